The van der Waals surface area contributed by atoms with Crippen LogP contribution in [-0.2, 0) is 0 Å². The van der Waals surface area contributed by atoms with Crippen LogP contribution in [0.4, 0.5) is 5.69 Å². The lowest BCUT2D eigenvalue weighted by molar-refractivity contribution is 0.198. The standard InChI is InChI=1S/C23H30N4O/c1-4-26(5-2)18(3)19-9-11-20(12-10-19)23(27-15-13-24-14-16-27)21-7-6-8-22(17-21)25-28/h6-12,17,23-24H,3-5,13-16H2,1-2H3/t23-/m0/s1. The van der Waals surface area contributed by atoms with E-state index >= 15 is 0 Å². The fourth-order valence-electron chi connectivity index (χ4n) is 3.95. The first-order chi connectivity index (χ1) is 13.7. The molecule has 3 rings (SSSR count). The van der Waals surface area contributed by atoms with Crippen LogP contribution < -0.4 is 5.32 Å². The van der Waals surface area contributed by atoms with Crippen molar-refractivity contribution >= 4 is 11.4 Å². The molecule has 0 aliphatic carbocycles. The lowest BCUT2D eigenvalue weighted by atomic mass is 9.94. The van der Waals surface area contributed by atoms with E-state index in [1.165, 1.54) is 5.56 Å². The highest BCUT2D eigenvalue weighted by atomic mass is 16.3. The second-order valence-electron chi connectivity index (χ2n) is 7.12. The average Bonchev–Trinajstić information content (AvgIpc) is 2.76. The van der Waals surface area contributed by atoms with E-state index in [0.29, 0.717) is 5.69 Å². The lowest BCUT2D eigenvalue weighted by Gasteiger charge is -2.35. The smallest absolute Gasteiger partial charge is 0.108 e. The van der Waals surface area contributed by atoms with E-state index in [0.717, 1.165) is 56.1 Å². The zero-order valence-corrected chi connectivity index (χ0v) is 16.9. The summed E-state index contributed by atoms with van der Waals surface area (Å²) in [6, 6.07) is 16.5. The molecule has 0 unspecified atom stereocenters. The summed E-state index contributed by atoms with van der Waals surface area (Å²) in [4.78, 5) is 15.8. The summed E-state index contributed by atoms with van der Waals surface area (Å²) >= 11 is 0. The average molecular weight is 379 g/mol. The summed E-state index contributed by atoms with van der Waals surface area (Å²) in [5.41, 5.74) is 5.01. The third kappa shape index (κ3) is 4.49. The van der Waals surface area contributed by atoms with Gasteiger partial charge in [0.1, 0.15) is 5.69 Å². The Morgan fingerprint density at radius 1 is 1.11 bits per heavy atom. The Bertz CT molecular complexity index is 793. The Hall–Kier alpha value is -2.50. The van der Waals surface area contributed by atoms with Crippen molar-refractivity contribution < 1.29 is 0 Å². The van der Waals surface area contributed by atoms with E-state index in [-0.39, 0.29) is 6.04 Å². The number of nitrogens with zero attached hydrogens (tertiary/aromatic N) is 3. The van der Waals surface area contributed by atoms with Gasteiger partial charge in [0.15, 0.2) is 0 Å². The maximum absolute atomic E-state index is 11.0. The van der Waals surface area contributed by atoms with Crippen molar-refractivity contribution in [1.29, 1.82) is 0 Å². The van der Waals surface area contributed by atoms with E-state index in [4.69, 9.17) is 0 Å². The molecule has 1 atom stereocenters. The summed E-state index contributed by atoms with van der Waals surface area (Å²) in [7, 11) is 0. The van der Waals surface area contributed by atoms with Crippen molar-refractivity contribution in [2.75, 3.05) is 39.3 Å². The molecule has 5 nitrogen and oxygen atoms in total. The molecule has 0 spiro atoms. The fraction of sp³-hybridized carbons (Fsp3) is 0.391. The Balaban J connectivity index is 1.93. The van der Waals surface area contributed by atoms with Gasteiger partial charge in [-0.25, -0.2) is 0 Å². The SMILES string of the molecule is C=C(c1ccc([C@@H](c2cccc(N=O)c2)N2CCNCC2)cc1)N(CC)CC. The topological polar surface area (TPSA) is 47.9 Å². The molecule has 0 saturated carbocycles. The van der Waals surface area contributed by atoms with Gasteiger partial charge in [-0.05, 0) is 47.8 Å². The number of benzene rings is 2. The molecule has 1 aliphatic rings. The van der Waals surface area contributed by atoms with Crippen molar-refractivity contribution in [2.45, 2.75) is 19.9 Å². The first-order valence-electron chi connectivity index (χ1n) is 10.1. The van der Waals surface area contributed by atoms with Crippen molar-refractivity contribution in [3.05, 3.63) is 76.7 Å². The molecule has 1 N–H and O–H groups in total. The van der Waals surface area contributed by atoms with Crippen LogP contribution in [-0.4, -0.2) is 49.1 Å². The highest BCUT2D eigenvalue weighted by molar-refractivity contribution is 5.62. The van der Waals surface area contributed by atoms with Gasteiger partial charge in [0.25, 0.3) is 0 Å². The second kappa shape index (κ2) is 9.62. The Kier molecular flexibility index (Phi) is 6.95. The molecule has 0 bridgehead atoms. The van der Waals surface area contributed by atoms with E-state index in [1.807, 2.05) is 12.1 Å². The number of hydrogen-bond acceptors (Lipinski definition) is 5. The molecule has 0 aromatic heterocycles. The predicted octanol–water partition coefficient (Wildman–Crippen LogP) is 4.39. The molecule has 1 saturated heterocycles. The maximum Gasteiger partial charge on any atom is 0.108 e. The highest BCUT2D eigenvalue weighted by Gasteiger charge is 2.24. The van der Waals surface area contributed by atoms with Gasteiger partial charge in [-0.15, -0.1) is 4.91 Å². The van der Waals surface area contributed by atoms with E-state index in [1.54, 1.807) is 6.07 Å². The molecule has 1 heterocycles. The zero-order chi connectivity index (χ0) is 19.9. The van der Waals surface area contributed by atoms with E-state index in [9.17, 15) is 4.91 Å². The Morgan fingerprint density at radius 2 is 1.79 bits per heavy atom. The summed E-state index contributed by atoms with van der Waals surface area (Å²) in [6.45, 7) is 14.4. The van der Waals surface area contributed by atoms with Gasteiger partial charge in [-0.1, -0.05) is 43.0 Å². The minimum atomic E-state index is 0.111. The van der Waals surface area contributed by atoms with Gasteiger partial charge < -0.3 is 10.2 Å². The molecule has 1 aliphatic heterocycles. The number of nitroso groups, excluding NO2 is 1. The normalized spacial score (nSPS) is 15.8. The summed E-state index contributed by atoms with van der Waals surface area (Å²) in [5.74, 6) is 0. The third-order valence-corrected chi connectivity index (χ3v) is 5.51. The van der Waals surface area contributed by atoms with Crippen LogP contribution in [0.5, 0.6) is 0 Å². The van der Waals surface area contributed by atoms with Crippen LogP contribution in [0.1, 0.15) is 36.6 Å². The van der Waals surface area contributed by atoms with Crippen molar-refractivity contribution in [2.24, 2.45) is 5.18 Å². The Labute approximate surface area is 168 Å². The largest absolute Gasteiger partial charge is 0.372 e. The van der Waals surface area contributed by atoms with Crippen LogP contribution in [0.15, 0.2) is 60.3 Å². The van der Waals surface area contributed by atoms with Gasteiger partial charge in [0, 0.05) is 45.0 Å². The van der Waals surface area contributed by atoms with Crippen LogP contribution >= 0.6 is 0 Å². The minimum Gasteiger partial charge on any atom is -0.372 e. The molecular weight excluding hydrogens is 348 g/mol. The molecule has 2 aromatic rings. The molecule has 1 fully saturated rings. The lowest BCUT2D eigenvalue weighted by Crippen LogP contribution is -2.45. The quantitative estimate of drug-likeness (QED) is 0.692. The van der Waals surface area contributed by atoms with Crippen molar-refractivity contribution in [3.63, 3.8) is 0 Å². The highest BCUT2D eigenvalue weighted by Crippen LogP contribution is 2.32. The Morgan fingerprint density at radius 3 is 2.39 bits per heavy atom. The number of rotatable bonds is 8. The van der Waals surface area contributed by atoms with Gasteiger partial charge in [0.05, 0.1) is 6.04 Å². The van der Waals surface area contributed by atoms with Crippen molar-refractivity contribution in [1.82, 2.24) is 15.1 Å². The number of hydrogen-bond donors (Lipinski definition) is 1. The van der Waals surface area contributed by atoms with Crippen molar-refractivity contribution in [3.8, 4) is 0 Å². The fourth-order valence-corrected chi connectivity index (χ4v) is 3.95. The van der Waals surface area contributed by atoms with Crippen LogP contribution in [0, 0.1) is 4.91 Å². The maximum atomic E-state index is 11.0. The minimum absolute atomic E-state index is 0.111. The van der Waals surface area contributed by atoms with Gasteiger partial charge in [-0.3, -0.25) is 4.90 Å². The molecule has 28 heavy (non-hydrogen) atoms. The van der Waals surface area contributed by atoms with E-state index < -0.39 is 0 Å². The predicted molar refractivity (Wildman–Crippen MR) is 117 cm³/mol. The monoisotopic (exact) mass is 378 g/mol. The molecule has 148 valence electrons. The summed E-state index contributed by atoms with van der Waals surface area (Å²) < 4.78 is 0. The first kappa shape index (κ1) is 20.2. The molecule has 5 heteroatoms. The first-order valence-corrected chi connectivity index (χ1v) is 10.1. The number of piperazine rings is 1. The van der Waals surface area contributed by atoms with Crippen LogP contribution in [0.3, 0.4) is 0 Å². The molecule has 0 amide bonds. The second-order valence-corrected chi connectivity index (χ2v) is 7.12. The molecule has 0 radical (unpaired) electrons. The van der Waals surface area contributed by atoms with Crippen LogP contribution in [0.25, 0.3) is 5.70 Å². The number of nitrogens with one attached hydrogen (secondary N) is 1. The van der Waals surface area contributed by atoms with Gasteiger partial charge >= 0.3 is 0 Å². The molecular formula is C23H30N4O. The zero-order valence-electron chi connectivity index (χ0n) is 16.9. The van der Waals surface area contributed by atoms with Crippen LogP contribution in [0.2, 0.25) is 0 Å². The van der Waals surface area contributed by atoms with Gasteiger partial charge in [0.2, 0.25) is 0 Å². The molecule has 2 aromatic carbocycles. The third-order valence-electron chi connectivity index (χ3n) is 5.51. The van der Waals surface area contributed by atoms with Gasteiger partial charge in [-0.2, -0.15) is 0 Å². The summed E-state index contributed by atoms with van der Waals surface area (Å²) in [5, 5.41) is 6.55. The summed E-state index contributed by atoms with van der Waals surface area (Å²) in [6.07, 6.45) is 0. The van der Waals surface area contributed by atoms with E-state index in [2.05, 4.69) is 71.1 Å².